The van der Waals surface area contributed by atoms with Crippen LogP contribution in [0.25, 0.3) is 0 Å². The minimum absolute atomic E-state index is 0.0329. The normalized spacial score (nSPS) is 22.3. The molecule has 2 atom stereocenters. The van der Waals surface area contributed by atoms with Gasteiger partial charge in [0.2, 0.25) is 11.8 Å². The zero-order chi connectivity index (χ0) is 11.3. The van der Waals surface area contributed by atoms with E-state index in [-0.39, 0.29) is 23.8 Å². The van der Waals surface area contributed by atoms with E-state index >= 15 is 0 Å². The van der Waals surface area contributed by atoms with Crippen LogP contribution in [0.4, 0.5) is 0 Å². The largest absolute Gasteiger partial charge is 0.354 e. The van der Waals surface area contributed by atoms with Gasteiger partial charge < -0.3 is 16.0 Å². The molecule has 1 fully saturated rings. The van der Waals surface area contributed by atoms with Gasteiger partial charge in [-0.2, -0.15) is 0 Å². The lowest BCUT2D eigenvalue weighted by Crippen LogP contribution is -2.41. The molecule has 2 amide bonds. The van der Waals surface area contributed by atoms with Crippen molar-refractivity contribution >= 4 is 11.8 Å². The van der Waals surface area contributed by atoms with Crippen molar-refractivity contribution in [3.05, 3.63) is 0 Å². The molecule has 1 heterocycles. The van der Waals surface area contributed by atoms with Crippen LogP contribution in [-0.2, 0) is 9.59 Å². The molecule has 1 rings (SSSR count). The van der Waals surface area contributed by atoms with Gasteiger partial charge >= 0.3 is 0 Å². The first kappa shape index (κ1) is 12.0. The molecular formula is C10H19N3O2. The average Bonchev–Trinajstić information content (AvgIpc) is 2.61. The molecule has 0 aromatic rings. The van der Waals surface area contributed by atoms with Crippen molar-refractivity contribution in [3.8, 4) is 0 Å². The van der Waals surface area contributed by atoms with Crippen LogP contribution in [-0.4, -0.2) is 38.0 Å². The number of rotatable bonds is 5. The van der Waals surface area contributed by atoms with E-state index in [2.05, 4.69) is 16.0 Å². The van der Waals surface area contributed by atoms with E-state index in [1.165, 1.54) is 0 Å². The summed E-state index contributed by atoms with van der Waals surface area (Å²) >= 11 is 0. The molecule has 5 nitrogen and oxygen atoms in total. The van der Waals surface area contributed by atoms with Crippen LogP contribution < -0.4 is 16.0 Å². The Morgan fingerprint density at radius 2 is 2.40 bits per heavy atom. The predicted octanol–water partition coefficient (Wildman–Crippen LogP) is -0.763. The fraction of sp³-hybridized carbons (Fsp3) is 0.800. The molecule has 0 aliphatic carbocycles. The number of carbonyl (C=O) groups excluding carboxylic acids is 2. The van der Waals surface area contributed by atoms with Gasteiger partial charge in [-0.25, -0.2) is 0 Å². The van der Waals surface area contributed by atoms with Gasteiger partial charge in [0.15, 0.2) is 0 Å². The fourth-order valence-electron chi connectivity index (χ4n) is 1.63. The van der Waals surface area contributed by atoms with E-state index in [0.29, 0.717) is 19.5 Å². The maximum Gasteiger partial charge on any atom is 0.224 e. The summed E-state index contributed by atoms with van der Waals surface area (Å²) in [7, 11) is 1.82. The Kier molecular flexibility index (Phi) is 4.55. The van der Waals surface area contributed by atoms with Crippen LogP contribution >= 0.6 is 0 Å². The van der Waals surface area contributed by atoms with Gasteiger partial charge in [-0.05, 0) is 13.5 Å². The van der Waals surface area contributed by atoms with Crippen molar-refractivity contribution in [2.45, 2.75) is 25.8 Å². The van der Waals surface area contributed by atoms with Gasteiger partial charge in [0.05, 0.1) is 0 Å². The summed E-state index contributed by atoms with van der Waals surface area (Å²) in [6.07, 6.45) is 1.39. The molecule has 5 heteroatoms. The van der Waals surface area contributed by atoms with Crippen LogP contribution in [0.5, 0.6) is 0 Å². The highest BCUT2D eigenvalue weighted by Gasteiger charge is 2.21. The maximum absolute atomic E-state index is 11.5. The lowest BCUT2D eigenvalue weighted by Gasteiger charge is -2.14. The minimum Gasteiger partial charge on any atom is -0.354 e. The van der Waals surface area contributed by atoms with Crippen molar-refractivity contribution in [2.24, 2.45) is 5.92 Å². The second-order valence-corrected chi connectivity index (χ2v) is 4.01. The maximum atomic E-state index is 11.5. The van der Waals surface area contributed by atoms with Crippen LogP contribution in [0, 0.1) is 5.92 Å². The molecule has 0 saturated carbocycles. The second-order valence-electron chi connectivity index (χ2n) is 4.01. The van der Waals surface area contributed by atoms with E-state index < -0.39 is 0 Å². The number of nitrogens with one attached hydrogen (secondary N) is 3. The van der Waals surface area contributed by atoms with Gasteiger partial charge in [0.1, 0.15) is 0 Å². The van der Waals surface area contributed by atoms with E-state index in [1.807, 2.05) is 14.0 Å². The highest BCUT2D eigenvalue weighted by molar-refractivity contribution is 5.80. The molecule has 1 aliphatic rings. The molecule has 0 aromatic heterocycles. The molecule has 2 unspecified atom stereocenters. The SMILES string of the molecule is CNCC(C)C(=O)NCC1CCC(=O)N1. The van der Waals surface area contributed by atoms with Crippen molar-refractivity contribution in [2.75, 3.05) is 20.1 Å². The zero-order valence-electron chi connectivity index (χ0n) is 9.30. The lowest BCUT2D eigenvalue weighted by molar-refractivity contribution is -0.124. The molecule has 0 radical (unpaired) electrons. The molecule has 3 N–H and O–H groups in total. The van der Waals surface area contributed by atoms with Gasteiger partial charge in [0, 0.05) is 31.5 Å². The summed E-state index contributed by atoms with van der Waals surface area (Å²) in [6.45, 7) is 3.08. The Balaban J connectivity index is 2.19. The summed E-state index contributed by atoms with van der Waals surface area (Å²) < 4.78 is 0. The third kappa shape index (κ3) is 3.87. The van der Waals surface area contributed by atoms with Gasteiger partial charge in [-0.3, -0.25) is 9.59 Å². The minimum atomic E-state index is -0.0351. The highest BCUT2D eigenvalue weighted by Crippen LogP contribution is 2.05. The number of hydrogen-bond donors (Lipinski definition) is 3. The highest BCUT2D eigenvalue weighted by atomic mass is 16.2. The van der Waals surface area contributed by atoms with E-state index in [1.54, 1.807) is 0 Å². The monoisotopic (exact) mass is 213 g/mol. The molecule has 15 heavy (non-hydrogen) atoms. The quantitative estimate of drug-likeness (QED) is 0.562. The van der Waals surface area contributed by atoms with E-state index in [9.17, 15) is 9.59 Å². The third-order valence-corrected chi connectivity index (χ3v) is 2.57. The fourth-order valence-corrected chi connectivity index (χ4v) is 1.63. The number of carbonyl (C=O) groups is 2. The summed E-state index contributed by atoms with van der Waals surface area (Å²) in [5.41, 5.74) is 0. The van der Waals surface area contributed by atoms with E-state index in [4.69, 9.17) is 0 Å². The smallest absolute Gasteiger partial charge is 0.224 e. The lowest BCUT2D eigenvalue weighted by atomic mass is 10.1. The molecular weight excluding hydrogens is 194 g/mol. The molecule has 86 valence electrons. The van der Waals surface area contributed by atoms with Crippen LogP contribution in [0.1, 0.15) is 19.8 Å². The second kappa shape index (κ2) is 5.70. The Labute approximate surface area is 90.0 Å². The number of hydrogen-bond acceptors (Lipinski definition) is 3. The van der Waals surface area contributed by atoms with Crippen LogP contribution in [0.2, 0.25) is 0 Å². The Morgan fingerprint density at radius 3 is 2.93 bits per heavy atom. The van der Waals surface area contributed by atoms with Gasteiger partial charge in [-0.15, -0.1) is 0 Å². The molecule has 0 aromatic carbocycles. The Bertz CT molecular complexity index is 243. The molecule has 0 bridgehead atoms. The van der Waals surface area contributed by atoms with Gasteiger partial charge in [-0.1, -0.05) is 6.92 Å². The van der Waals surface area contributed by atoms with Gasteiger partial charge in [0.25, 0.3) is 0 Å². The van der Waals surface area contributed by atoms with Crippen molar-refractivity contribution in [1.29, 1.82) is 0 Å². The Morgan fingerprint density at radius 1 is 1.67 bits per heavy atom. The van der Waals surface area contributed by atoms with Crippen molar-refractivity contribution in [3.63, 3.8) is 0 Å². The molecule has 0 spiro atoms. The van der Waals surface area contributed by atoms with Crippen LogP contribution in [0.3, 0.4) is 0 Å². The third-order valence-electron chi connectivity index (χ3n) is 2.57. The zero-order valence-corrected chi connectivity index (χ0v) is 9.30. The van der Waals surface area contributed by atoms with Crippen LogP contribution in [0.15, 0.2) is 0 Å². The average molecular weight is 213 g/mol. The topological polar surface area (TPSA) is 70.2 Å². The predicted molar refractivity (Wildman–Crippen MR) is 57.3 cm³/mol. The number of amides is 2. The standard InChI is InChI=1S/C10H19N3O2/c1-7(5-11-2)10(15)12-6-8-3-4-9(14)13-8/h7-8,11H,3-6H2,1-2H3,(H,12,15)(H,13,14). The summed E-state index contributed by atoms with van der Waals surface area (Å²) in [5.74, 6) is 0.0788. The first-order valence-electron chi connectivity index (χ1n) is 5.35. The van der Waals surface area contributed by atoms with E-state index in [0.717, 1.165) is 6.42 Å². The summed E-state index contributed by atoms with van der Waals surface area (Å²) in [6, 6.07) is 0.114. The molecule has 1 aliphatic heterocycles. The van der Waals surface area contributed by atoms with Crippen molar-refractivity contribution in [1.82, 2.24) is 16.0 Å². The summed E-state index contributed by atoms with van der Waals surface area (Å²) in [4.78, 5) is 22.4. The molecule has 1 saturated heterocycles. The first-order chi connectivity index (χ1) is 7.13. The van der Waals surface area contributed by atoms with Crippen molar-refractivity contribution < 1.29 is 9.59 Å². The Hall–Kier alpha value is -1.10. The summed E-state index contributed by atoms with van der Waals surface area (Å²) in [5, 5.41) is 8.60. The first-order valence-corrected chi connectivity index (χ1v) is 5.35.